The summed E-state index contributed by atoms with van der Waals surface area (Å²) in [5, 5.41) is 5.71. The fraction of sp³-hybridized carbons (Fsp3) is 0.500. The second kappa shape index (κ2) is 8.76. The minimum atomic E-state index is -0.104. The summed E-state index contributed by atoms with van der Waals surface area (Å²) in [5.41, 5.74) is 7.43. The van der Waals surface area contributed by atoms with Crippen LogP contribution in [0.25, 0.3) is 0 Å². The quantitative estimate of drug-likeness (QED) is 0.774. The second-order valence-corrected chi connectivity index (χ2v) is 5.63. The number of carbonyl (C=O) groups is 2. The number of carbonyl (C=O) groups excluding carboxylic acids is 2. The molecule has 1 aliphatic rings. The molecule has 1 fully saturated rings. The first-order valence-corrected chi connectivity index (χ1v) is 7.44. The Bertz CT molecular complexity index is 522. The predicted octanol–water partition coefficient (Wildman–Crippen LogP) is 2.06. The van der Waals surface area contributed by atoms with Crippen molar-refractivity contribution in [1.82, 2.24) is 5.32 Å². The van der Waals surface area contributed by atoms with E-state index >= 15 is 0 Å². The van der Waals surface area contributed by atoms with Gasteiger partial charge in [-0.25, -0.2) is 0 Å². The van der Waals surface area contributed by atoms with Gasteiger partial charge in [-0.1, -0.05) is 18.6 Å². The number of nitrogens with two attached hydrogens (primary N) is 1. The zero-order valence-corrected chi connectivity index (χ0v) is 13.6. The van der Waals surface area contributed by atoms with Gasteiger partial charge in [-0.15, -0.1) is 12.4 Å². The zero-order valence-electron chi connectivity index (χ0n) is 12.8. The molecule has 0 bridgehead atoms. The molecule has 2 atom stereocenters. The highest BCUT2D eigenvalue weighted by Gasteiger charge is 2.31. The van der Waals surface area contributed by atoms with Crippen LogP contribution in [0.15, 0.2) is 24.3 Å². The second-order valence-electron chi connectivity index (χ2n) is 5.63. The molecule has 5 nitrogen and oxygen atoms in total. The van der Waals surface area contributed by atoms with Crippen LogP contribution in [0.4, 0.5) is 5.69 Å². The van der Waals surface area contributed by atoms with Gasteiger partial charge in [-0.05, 0) is 43.0 Å². The Morgan fingerprint density at radius 2 is 2.09 bits per heavy atom. The summed E-state index contributed by atoms with van der Waals surface area (Å²) in [6.07, 6.45) is 3.06. The lowest BCUT2D eigenvalue weighted by atomic mass is 9.95. The van der Waals surface area contributed by atoms with Crippen molar-refractivity contribution >= 4 is 29.9 Å². The Kier molecular flexibility index (Phi) is 7.35. The Morgan fingerprint density at radius 1 is 1.32 bits per heavy atom. The minimum Gasteiger partial charge on any atom is -0.352 e. The van der Waals surface area contributed by atoms with E-state index in [2.05, 4.69) is 10.6 Å². The fourth-order valence-corrected chi connectivity index (χ4v) is 2.95. The van der Waals surface area contributed by atoms with Crippen molar-refractivity contribution in [2.45, 2.75) is 32.7 Å². The smallest absolute Gasteiger partial charge is 0.223 e. The molecule has 0 aromatic heterocycles. The predicted molar refractivity (Wildman–Crippen MR) is 89.7 cm³/mol. The van der Waals surface area contributed by atoms with Crippen LogP contribution in [0.2, 0.25) is 0 Å². The van der Waals surface area contributed by atoms with E-state index in [4.69, 9.17) is 5.73 Å². The van der Waals surface area contributed by atoms with E-state index in [0.29, 0.717) is 19.0 Å². The van der Waals surface area contributed by atoms with Crippen LogP contribution in [0.5, 0.6) is 0 Å². The van der Waals surface area contributed by atoms with Gasteiger partial charge in [-0.2, -0.15) is 0 Å². The summed E-state index contributed by atoms with van der Waals surface area (Å²) in [6.45, 7) is 2.53. The molecule has 122 valence electrons. The van der Waals surface area contributed by atoms with Gasteiger partial charge < -0.3 is 16.4 Å². The number of amides is 2. The van der Waals surface area contributed by atoms with Gasteiger partial charge >= 0.3 is 0 Å². The van der Waals surface area contributed by atoms with E-state index in [1.54, 1.807) is 0 Å². The Labute approximate surface area is 137 Å². The van der Waals surface area contributed by atoms with Crippen molar-refractivity contribution in [1.29, 1.82) is 0 Å². The van der Waals surface area contributed by atoms with Crippen molar-refractivity contribution in [2.24, 2.45) is 17.6 Å². The molecular weight excluding hydrogens is 302 g/mol. The number of benzene rings is 1. The van der Waals surface area contributed by atoms with E-state index in [9.17, 15) is 9.59 Å². The molecule has 0 unspecified atom stereocenters. The van der Waals surface area contributed by atoms with E-state index in [1.165, 1.54) is 6.92 Å². The summed E-state index contributed by atoms with van der Waals surface area (Å²) in [4.78, 5) is 23.3. The Hall–Kier alpha value is -1.59. The maximum absolute atomic E-state index is 12.2. The third kappa shape index (κ3) is 5.00. The topological polar surface area (TPSA) is 84.2 Å². The molecule has 0 aliphatic heterocycles. The summed E-state index contributed by atoms with van der Waals surface area (Å²) < 4.78 is 0. The van der Waals surface area contributed by atoms with Crippen LogP contribution in [-0.2, 0) is 16.1 Å². The van der Waals surface area contributed by atoms with Crippen LogP contribution in [-0.4, -0.2) is 18.4 Å². The highest BCUT2D eigenvalue weighted by Crippen LogP contribution is 2.31. The van der Waals surface area contributed by atoms with Gasteiger partial charge in [0.1, 0.15) is 0 Å². The normalized spacial score (nSPS) is 20.1. The summed E-state index contributed by atoms with van der Waals surface area (Å²) in [6, 6.07) is 7.50. The average Bonchev–Trinajstić information content (AvgIpc) is 2.93. The molecule has 22 heavy (non-hydrogen) atoms. The zero-order chi connectivity index (χ0) is 15.2. The summed E-state index contributed by atoms with van der Waals surface area (Å²) in [7, 11) is 0. The third-order valence-electron chi connectivity index (χ3n) is 4.01. The molecule has 1 aliphatic carbocycles. The van der Waals surface area contributed by atoms with Crippen molar-refractivity contribution in [3.05, 3.63) is 29.8 Å². The van der Waals surface area contributed by atoms with Crippen LogP contribution < -0.4 is 16.4 Å². The molecule has 1 aromatic rings. The molecule has 2 rings (SSSR count). The molecule has 0 saturated heterocycles. The number of hydrogen-bond donors (Lipinski definition) is 3. The van der Waals surface area contributed by atoms with Gasteiger partial charge in [-0.3, -0.25) is 9.59 Å². The van der Waals surface area contributed by atoms with E-state index in [1.807, 2.05) is 24.3 Å². The fourth-order valence-electron chi connectivity index (χ4n) is 2.95. The first-order chi connectivity index (χ1) is 10.1. The number of nitrogens with one attached hydrogen (secondary N) is 2. The first kappa shape index (κ1) is 18.5. The van der Waals surface area contributed by atoms with Crippen LogP contribution >= 0.6 is 12.4 Å². The molecule has 6 heteroatoms. The molecule has 2 amide bonds. The monoisotopic (exact) mass is 325 g/mol. The van der Waals surface area contributed by atoms with E-state index in [-0.39, 0.29) is 30.1 Å². The first-order valence-electron chi connectivity index (χ1n) is 7.44. The summed E-state index contributed by atoms with van der Waals surface area (Å²) in [5.74, 6) is 0.352. The lowest BCUT2D eigenvalue weighted by Crippen LogP contribution is -2.34. The maximum atomic E-state index is 12.2. The molecule has 1 saturated carbocycles. The maximum Gasteiger partial charge on any atom is 0.223 e. The third-order valence-corrected chi connectivity index (χ3v) is 4.01. The van der Waals surface area contributed by atoms with Crippen molar-refractivity contribution in [3.63, 3.8) is 0 Å². The van der Waals surface area contributed by atoms with Crippen LogP contribution in [0.3, 0.4) is 0 Å². The molecule has 0 spiro atoms. The van der Waals surface area contributed by atoms with Gasteiger partial charge in [0, 0.05) is 25.1 Å². The van der Waals surface area contributed by atoms with Crippen molar-refractivity contribution in [3.8, 4) is 0 Å². The van der Waals surface area contributed by atoms with E-state index < -0.39 is 0 Å². The number of anilines is 1. The lowest BCUT2D eigenvalue weighted by Gasteiger charge is -2.17. The summed E-state index contributed by atoms with van der Waals surface area (Å²) >= 11 is 0. The average molecular weight is 326 g/mol. The molecule has 0 radical (unpaired) electrons. The highest BCUT2D eigenvalue weighted by molar-refractivity contribution is 5.88. The van der Waals surface area contributed by atoms with Crippen molar-refractivity contribution < 1.29 is 9.59 Å². The van der Waals surface area contributed by atoms with Crippen LogP contribution in [0.1, 0.15) is 31.7 Å². The van der Waals surface area contributed by atoms with E-state index in [0.717, 1.165) is 30.5 Å². The minimum absolute atomic E-state index is 0. The Balaban J connectivity index is 0.00000242. The Morgan fingerprint density at radius 3 is 2.77 bits per heavy atom. The molecule has 4 N–H and O–H groups in total. The molecule has 1 aromatic carbocycles. The number of rotatable bonds is 5. The van der Waals surface area contributed by atoms with Gasteiger partial charge in [0.25, 0.3) is 0 Å². The molecule has 0 heterocycles. The van der Waals surface area contributed by atoms with Gasteiger partial charge in [0.15, 0.2) is 0 Å². The SMILES string of the molecule is CC(=O)Nc1cccc(CNC(=O)[C@@H]2CCC[C@@H]2CN)c1.Cl. The highest BCUT2D eigenvalue weighted by atomic mass is 35.5. The number of halogens is 1. The van der Waals surface area contributed by atoms with Gasteiger partial charge in [0.2, 0.25) is 11.8 Å². The van der Waals surface area contributed by atoms with Crippen LogP contribution in [0, 0.1) is 11.8 Å². The number of hydrogen-bond acceptors (Lipinski definition) is 3. The lowest BCUT2D eigenvalue weighted by molar-refractivity contribution is -0.126. The van der Waals surface area contributed by atoms with Gasteiger partial charge in [0.05, 0.1) is 0 Å². The molecular formula is C16H24ClN3O2. The van der Waals surface area contributed by atoms with Crippen molar-refractivity contribution in [2.75, 3.05) is 11.9 Å². The largest absolute Gasteiger partial charge is 0.352 e. The standard InChI is InChI=1S/C16H23N3O2.ClH/c1-11(20)19-14-6-2-4-12(8-14)10-18-16(21)15-7-3-5-13(15)9-17;/h2,4,6,8,13,15H,3,5,7,9-10,17H2,1H3,(H,18,21)(H,19,20);1H/t13-,15-;/m1./s1.